The number of rotatable bonds is 9. The second-order valence-electron chi connectivity index (χ2n) is 9.03. The fourth-order valence-corrected chi connectivity index (χ4v) is 3.70. The van der Waals surface area contributed by atoms with Gasteiger partial charge in [-0.25, -0.2) is 14.4 Å². The highest BCUT2D eigenvalue weighted by atomic mass is 19.4. The van der Waals surface area contributed by atoms with Crippen molar-refractivity contribution < 1.29 is 40.9 Å². The molecule has 12 heteroatoms. The molecule has 0 spiro atoms. The van der Waals surface area contributed by atoms with Gasteiger partial charge in [-0.3, -0.25) is 0 Å². The minimum absolute atomic E-state index is 0.0450. The zero-order chi connectivity index (χ0) is 27.8. The Hall–Kier alpha value is -3.12. The predicted octanol–water partition coefficient (Wildman–Crippen LogP) is 6.16. The van der Waals surface area contributed by atoms with Crippen LogP contribution in [0.3, 0.4) is 0 Å². The van der Waals surface area contributed by atoms with E-state index >= 15 is 4.39 Å². The van der Waals surface area contributed by atoms with Crippen LogP contribution in [0.15, 0.2) is 30.3 Å². The Balaban J connectivity index is 2.08. The molecule has 0 saturated heterocycles. The number of aryl methyl sites for hydroxylation is 1. The van der Waals surface area contributed by atoms with Gasteiger partial charge >= 0.3 is 12.1 Å². The van der Waals surface area contributed by atoms with Crippen LogP contribution in [0, 0.1) is 12.7 Å². The third-order valence-corrected chi connectivity index (χ3v) is 5.71. The SMILES string of the molecule is COCCOc1cc2c(NC(C)c3cccc(C(F)(F)C(C)(C)O)c3F)nc(C)nc2cc1C(F)(F)F. The third kappa shape index (κ3) is 5.90. The summed E-state index contributed by atoms with van der Waals surface area (Å²) in [6, 6.07) is 4.40. The van der Waals surface area contributed by atoms with Gasteiger partial charge in [0.15, 0.2) is 0 Å². The van der Waals surface area contributed by atoms with E-state index in [0.717, 1.165) is 32.0 Å². The number of aliphatic hydroxyl groups is 1. The molecule has 202 valence electrons. The topological polar surface area (TPSA) is 76.5 Å². The highest BCUT2D eigenvalue weighted by Gasteiger charge is 2.49. The number of halogens is 6. The molecule has 1 atom stereocenters. The van der Waals surface area contributed by atoms with E-state index in [2.05, 4.69) is 15.3 Å². The Labute approximate surface area is 209 Å². The van der Waals surface area contributed by atoms with Gasteiger partial charge in [0, 0.05) is 18.1 Å². The number of anilines is 1. The zero-order valence-electron chi connectivity index (χ0n) is 20.8. The smallest absolute Gasteiger partial charge is 0.420 e. The van der Waals surface area contributed by atoms with E-state index in [-0.39, 0.29) is 41.3 Å². The molecule has 1 heterocycles. The van der Waals surface area contributed by atoms with Crippen LogP contribution in [0.1, 0.15) is 49.3 Å². The number of ether oxygens (including phenoxy) is 2. The van der Waals surface area contributed by atoms with Crippen LogP contribution in [-0.4, -0.2) is 41.0 Å². The number of hydrogen-bond donors (Lipinski definition) is 2. The molecule has 0 radical (unpaired) electrons. The lowest BCUT2D eigenvalue weighted by Crippen LogP contribution is -2.41. The van der Waals surface area contributed by atoms with Crippen molar-refractivity contribution in [3.8, 4) is 5.75 Å². The number of methoxy groups -OCH3 is 1. The van der Waals surface area contributed by atoms with Crippen LogP contribution >= 0.6 is 0 Å². The Morgan fingerprint density at radius 2 is 1.70 bits per heavy atom. The Bertz CT molecular complexity index is 1280. The van der Waals surface area contributed by atoms with E-state index in [1.807, 2.05) is 0 Å². The fourth-order valence-electron chi connectivity index (χ4n) is 3.70. The molecule has 2 N–H and O–H groups in total. The standard InChI is InChI=1S/C25H27F6N3O3/c1-13(15-7-6-8-17(21(15)26)24(27,28)23(3,4)35)32-22-16-11-20(37-10-9-36-5)18(25(29,30)31)12-19(16)33-14(2)34-22/h6-8,11-13,35H,9-10H2,1-5H3,(H,32,33,34). The van der Waals surface area contributed by atoms with Crippen molar-refractivity contribution in [1.29, 1.82) is 0 Å². The first kappa shape index (κ1) is 28.5. The van der Waals surface area contributed by atoms with Crippen molar-refractivity contribution in [3.63, 3.8) is 0 Å². The van der Waals surface area contributed by atoms with Gasteiger partial charge in [-0.15, -0.1) is 0 Å². The Morgan fingerprint density at radius 3 is 2.30 bits per heavy atom. The van der Waals surface area contributed by atoms with Crippen LogP contribution in [0.5, 0.6) is 5.75 Å². The molecule has 0 bridgehead atoms. The van der Waals surface area contributed by atoms with Crippen molar-refractivity contribution in [2.24, 2.45) is 0 Å². The number of nitrogens with one attached hydrogen (secondary N) is 1. The number of aromatic nitrogens is 2. The number of hydrogen-bond acceptors (Lipinski definition) is 6. The normalized spacial score (nSPS) is 13.6. The number of benzene rings is 2. The van der Waals surface area contributed by atoms with Crippen molar-refractivity contribution in [3.05, 3.63) is 58.7 Å². The molecule has 0 aliphatic heterocycles. The summed E-state index contributed by atoms with van der Waals surface area (Å²) in [7, 11) is 1.37. The average Bonchev–Trinajstić information content (AvgIpc) is 2.77. The average molecular weight is 531 g/mol. The summed E-state index contributed by atoms with van der Waals surface area (Å²) in [6.07, 6.45) is -4.73. The first-order valence-corrected chi connectivity index (χ1v) is 11.2. The van der Waals surface area contributed by atoms with Crippen molar-refractivity contribution >= 4 is 16.7 Å². The number of nitrogens with zero attached hydrogens (tertiary/aromatic N) is 2. The zero-order valence-corrected chi connectivity index (χ0v) is 20.8. The van der Waals surface area contributed by atoms with Crippen molar-refractivity contribution in [1.82, 2.24) is 9.97 Å². The van der Waals surface area contributed by atoms with Crippen LogP contribution in [0.2, 0.25) is 0 Å². The van der Waals surface area contributed by atoms with Gasteiger partial charge in [0.1, 0.15) is 35.4 Å². The summed E-state index contributed by atoms with van der Waals surface area (Å²) in [4.78, 5) is 8.33. The summed E-state index contributed by atoms with van der Waals surface area (Å²) >= 11 is 0. The lowest BCUT2D eigenvalue weighted by Gasteiger charge is -2.30. The predicted molar refractivity (Wildman–Crippen MR) is 125 cm³/mol. The van der Waals surface area contributed by atoms with Gasteiger partial charge in [-0.1, -0.05) is 12.1 Å². The van der Waals surface area contributed by atoms with Gasteiger partial charge < -0.3 is 19.9 Å². The Morgan fingerprint density at radius 1 is 1.03 bits per heavy atom. The van der Waals surface area contributed by atoms with Crippen molar-refractivity contribution in [2.45, 2.75) is 51.4 Å². The van der Waals surface area contributed by atoms with Gasteiger partial charge in [0.2, 0.25) is 0 Å². The molecule has 3 rings (SSSR count). The molecule has 0 fully saturated rings. The molecular formula is C25H27F6N3O3. The van der Waals surface area contributed by atoms with Gasteiger partial charge in [-0.05, 0) is 45.9 Å². The van der Waals surface area contributed by atoms with Gasteiger partial charge in [0.25, 0.3) is 0 Å². The molecule has 0 aliphatic rings. The quantitative estimate of drug-likeness (QED) is 0.255. The lowest BCUT2D eigenvalue weighted by molar-refractivity contribution is -0.170. The molecule has 0 saturated carbocycles. The molecule has 1 unspecified atom stereocenters. The van der Waals surface area contributed by atoms with Crippen LogP contribution in [-0.2, 0) is 16.8 Å². The molecule has 3 aromatic rings. The van der Waals surface area contributed by atoms with Crippen LogP contribution in [0.4, 0.5) is 32.2 Å². The van der Waals surface area contributed by atoms with E-state index in [0.29, 0.717) is 0 Å². The van der Waals surface area contributed by atoms with E-state index in [1.54, 1.807) is 0 Å². The summed E-state index contributed by atoms with van der Waals surface area (Å²) < 4.78 is 95.9. The van der Waals surface area contributed by atoms with E-state index in [4.69, 9.17) is 9.47 Å². The first-order valence-electron chi connectivity index (χ1n) is 11.2. The molecule has 37 heavy (non-hydrogen) atoms. The second-order valence-corrected chi connectivity index (χ2v) is 9.03. The van der Waals surface area contributed by atoms with Crippen LogP contribution in [0.25, 0.3) is 10.9 Å². The largest absolute Gasteiger partial charge is 0.491 e. The molecular weight excluding hydrogens is 504 g/mol. The minimum Gasteiger partial charge on any atom is -0.491 e. The summed E-state index contributed by atoms with van der Waals surface area (Å²) in [6.45, 7) is 4.60. The maximum absolute atomic E-state index is 15.2. The van der Waals surface area contributed by atoms with E-state index in [1.165, 1.54) is 33.1 Å². The maximum Gasteiger partial charge on any atom is 0.420 e. The number of fused-ring (bicyclic) bond motifs is 1. The monoisotopic (exact) mass is 531 g/mol. The van der Waals surface area contributed by atoms with Gasteiger partial charge in [0.05, 0.1) is 29.3 Å². The number of alkyl halides is 5. The van der Waals surface area contributed by atoms with Crippen molar-refractivity contribution in [2.75, 3.05) is 25.6 Å². The van der Waals surface area contributed by atoms with Crippen LogP contribution < -0.4 is 10.1 Å². The summed E-state index contributed by atoms with van der Waals surface area (Å²) in [5.74, 6) is -5.41. The van der Waals surface area contributed by atoms with E-state index in [9.17, 15) is 27.1 Å². The first-order chi connectivity index (χ1) is 17.1. The second kappa shape index (κ2) is 10.3. The molecule has 1 aromatic heterocycles. The summed E-state index contributed by atoms with van der Waals surface area (Å²) in [5, 5.41) is 12.9. The molecule has 2 aromatic carbocycles. The summed E-state index contributed by atoms with van der Waals surface area (Å²) in [5.41, 5.74) is -4.76. The maximum atomic E-state index is 15.2. The van der Waals surface area contributed by atoms with Gasteiger partial charge in [-0.2, -0.15) is 22.0 Å². The Kier molecular flexibility index (Phi) is 7.94. The minimum atomic E-state index is -4.73. The highest BCUT2D eigenvalue weighted by molar-refractivity contribution is 5.91. The van der Waals surface area contributed by atoms with E-state index < -0.39 is 46.4 Å². The molecule has 6 nitrogen and oxygen atoms in total. The fraction of sp³-hybridized carbons (Fsp3) is 0.440. The highest BCUT2D eigenvalue weighted by Crippen LogP contribution is 2.42. The lowest BCUT2D eigenvalue weighted by atomic mass is 9.91. The third-order valence-electron chi connectivity index (χ3n) is 5.71. The molecule has 0 aliphatic carbocycles. The molecule has 0 amide bonds.